The first kappa shape index (κ1) is 13.0. The van der Waals surface area contributed by atoms with E-state index in [2.05, 4.69) is 15.3 Å². The number of aromatic nitrogens is 2. The third kappa shape index (κ3) is 2.77. The van der Waals surface area contributed by atoms with Crippen LogP contribution in [0.25, 0.3) is 11.3 Å². The van der Waals surface area contributed by atoms with Crippen LogP contribution in [0, 0.1) is 0 Å². The van der Waals surface area contributed by atoms with Crippen LogP contribution in [0.2, 0.25) is 0 Å². The number of ether oxygens (including phenoxy) is 2. The van der Waals surface area contributed by atoms with E-state index >= 15 is 0 Å². The second-order valence-electron chi connectivity index (χ2n) is 4.96. The number of hydrogen-bond donors (Lipinski definition) is 2. The zero-order valence-corrected chi connectivity index (χ0v) is 11.8. The molecule has 0 saturated heterocycles. The Bertz CT molecular complexity index is 591. The molecule has 2 N–H and O–H groups in total. The topological polar surface area (TPSA) is 59.2 Å². The SMILES string of the molecule is COc1ccc(OC)c(-c2cnc(CNC3CC3)[nH]2)c1. The van der Waals surface area contributed by atoms with Gasteiger partial charge in [0.2, 0.25) is 0 Å². The normalized spacial score (nSPS) is 14.3. The highest BCUT2D eigenvalue weighted by Crippen LogP contribution is 2.32. The molecule has 0 bridgehead atoms. The van der Waals surface area contributed by atoms with Gasteiger partial charge in [-0.1, -0.05) is 0 Å². The quantitative estimate of drug-likeness (QED) is 0.848. The first-order valence-electron chi connectivity index (χ1n) is 6.80. The fourth-order valence-corrected chi connectivity index (χ4v) is 2.14. The van der Waals surface area contributed by atoms with Gasteiger partial charge in [0.1, 0.15) is 17.3 Å². The Hall–Kier alpha value is -2.01. The molecule has 1 saturated carbocycles. The lowest BCUT2D eigenvalue weighted by molar-refractivity contribution is 0.404. The summed E-state index contributed by atoms with van der Waals surface area (Å²) in [6.45, 7) is 0.775. The Morgan fingerprint density at radius 1 is 1.30 bits per heavy atom. The van der Waals surface area contributed by atoms with Crippen molar-refractivity contribution in [3.8, 4) is 22.8 Å². The zero-order valence-electron chi connectivity index (χ0n) is 11.8. The van der Waals surface area contributed by atoms with Gasteiger partial charge in [-0.25, -0.2) is 4.98 Å². The number of aromatic amines is 1. The van der Waals surface area contributed by atoms with Crippen molar-refractivity contribution in [2.45, 2.75) is 25.4 Å². The summed E-state index contributed by atoms with van der Waals surface area (Å²) in [5.41, 5.74) is 1.89. The average Bonchev–Trinajstić information content (AvgIpc) is 3.21. The molecule has 106 valence electrons. The molecule has 0 spiro atoms. The van der Waals surface area contributed by atoms with Gasteiger partial charge in [0.15, 0.2) is 0 Å². The molecule has 0 atom stereocenters. The molecule has 0 unspecified atom stereocenters. The molecule has 2 aromatic rings. The Kier molecular flexibility index (Phi) is 3.60. The van der Waals surface area contributed by atoms with Crippen molar-refractivity contribution >= 4 is 0 Å². The standard InChI is InChI=1S/C15H19N3O2/c1-19-11-5-6-14(20-2)12(7-11)13-8-17-15(18-13)9-16-10-3-4-10/h5-8,10,16H,3-4,9H2,1-2H3,(H,17,18). The lowest BCUT2D eigenvalue weighted by Gasteiger charge is -2.08. The highest BCUT2D eigenvalue weighted by molar-refractivity contribution is 5.68. The van der Waals surface area contributed by atoms with E-state index in [4.69, 9.17) is 9.47 Å². The molecular formula is C15H19N3O2. The summed E-state index contributed by atoms with van der Waals surface area (Å²) in [7, 11) is 3.32. The Labute approximate surface area is 118 Å². The number of hydrogen-bond acceptors (Lipinski definition) is 4. The second kappa shape index (κ2) is 5.54. The molecule has 1 fully saturated rings. The summed E-state index contributed by atoms with van der Waals surface area (Å²) >= 11 is 0. The van der Waals surface area contributed by atoms with Gasteiger partial charge in [-0.2, -0.15) is 0 Å². The molecule has 20 heavy (non-hydrogen) atoms. The molecule has 1 aliphatic carbocycles. The predicted molar refractivity (Wildman–Crippen MR) is 77.0 cm³/mol. The number of methoxy groups -OCH3 is 2. The van der Waals surface area contributed by atoms with Crippen molar-refractivity contribution in [2.75, 3.05) is 14.2 Å². The maximum absolute atomic E-state index is 5.40. The van der Waals surface area contributed by atoms with Crippen molar-refractivity contribution in [2.24, 2.45) is 0 Å². The molecule has 5 nitrogen and oxygen atoms in total. The summed E-state index contributed by atoms with van der Waals surface area (Å²) in [6, 6.07) is 6.41. The van der Waals surface area contributed by atoms with Crippen molar-refractivity contribution in [1.82, 2.24) is 15.3 Å². The van der Waals surface area contributed by atoms with E-state index in [1.54, 1.807) is 14.2 Å². The van der Waals surface area contributed by atoms with Crippen LogP contribution in [0.15, 0.2) is 24.4 Å². The van der Waals surface area contributed by atoms with Gasteiger partial charge in [-0.15, -0.1) is 0 Å². The number of rotatable bonds is 6. The van der Waals surface area contributed by atoms with E-state index < -0.39 is 0 Å². The van der Waals surface area contributed by atoms with Gasteiger partial charge in [-0.05, 0) is 31.0 Å². The van der Waals surface area contributed by atoms with Crippen molar-refractivity contribution in [3.05, 3.63) is 30.2 Å². The maximum atomic E-state index is 5.40. The van der Waals surface area contributed by atoms with Crippen molar-refractivity contribution < 1.29 is 9.47 Å². The Balaban J connectivity index is 1.83. The van der Waals surface area contributed by atoms with Crippen LogP contribution in [0.4, 0.5) is 0 Å². The van der Waals surface area contributed by atoms with E-state index in [1.807, 2.05) is 24.4 Å². The van der Waals surface area contributed by atoms with Gasteiger partial charge in [0.05, 0.1) is 32.7 Å². The molecule has 1 aromatic carbocycles. The van der Waals surface area contributed by atoms with Gasteiger partial charge in [-0.3, -0.25) is 0 Å². The smallest absolute Gasteiger partial charge is 0.128 e. The number of nitrogens with one attached hydrogen (secondary N) is 2. The molecule has 5 heteroatoms. The highest BCUT2D eigenvalue weighted by Gasteiger charge is 2.20. The van der Waals surface area contributed by atoms with Crippen LogP contribution in [0.5, 0.6) is 11.5 Å². The summed E-state index contributed by atoms with van der Waals surface area (Å²) in [6.07, 6.45) is 4.38. The zero-order chi connectivity index (χ0) is 13.9. The third-order valence-electron chi connectivity index (χ3n) is 3.46. The molecule has 0 aliphatic heterocycles. The van der Waals surface area contributed by atoms with Crippen LogP contribution in [-0.4, -0.2) is 30.2 Å². The number of H-pyrrole nitrogens is 1. The maximum Gasteiger partial charge on any atom is 0.128 e. The van der Waals surface area contributed by atoms with E-state index in [9.17, 15) is 0 Å². The monoisotopic (exact) mass is 273 g/mol. The largest absolute Gasteiger partial charge is 0.497 e. The van der Waals surface area contributed by atoms with Crippen LogP contribution in [-0.2, 0) is 6.54 Å². The first-order valence-corrected chi connectivity index (χ1v) is 6.80. The molecule has 1 heterocycles. The second-order valence-corrected chi connectivity index (χ2v) is 4.96. The number of nitrogens with zero attached hydrogens (tertiary/aromatic N) is 1. The van der Waals surface area contributed by atoms with Crippen LogP contribution in [0.1, 0.15) is 18.7 Å². The Morgan fingerprint density at radius 3 is 2.85 bits per heavy atom. The average molecular weight is 273 g/mol. The van der Waals surface area contributed by atoms with Gasteiger partial charge in [0, 0.05) is 11.6 Å². The molecular weight excluding hydrogens is 254 g/mol. The van der Waals surface area contributed by atoms with Gasteiger partial charge in [0.25, 0.3) is 0 Å². The highest BCUT2D eigenvalue weighted by atomic mass is 16.5. The van der Waals surface area contributed by atoms with E-state index in [0.717, 1.165) is 35.1 Å². The van der Waals surface area contributed by atoms with Crippen LogP contribution < -0.4 is 14.8 Å². The Morgan fingerprint density at radius 2 is 2.15 bits per heavy atom. The minimum atomic E-state index is 0.676. The predicted octanol–water partition coefficient (Wildman–Crippen LogP) is 2.35. The minimum Gasteiger partial charge on any atom is -0.497 e. The summed E-state index contributed by atoms with van der Waals surface area (Å²) < 4.78 is 10.7. The summed E-state index contributed by atoms with van der Waals surface area (Å²) in [5, 5.41) is 3.44. The molecule has 1 aliphatic rings. The number of imidazole rings is 1. The van der Waals surface area contributed by atoms with Gasteiger partial charge < -0.3 is 19.8 Å². The fourth-order valence-electron chi connectivity index (χ4n) is 2.14. The molecule has 3 rings (SSSR count). The first-order chi connectivity index (χ1) is 9.80. The lowest BCUT2D eigenvalue weighted by atomic mass is 10.1. The molecule has 0 amide bonds. The summed E-state index contributed by atoms with van der Waals surface area (Å²) in [4.78, 5) is 7.74. The van der Waals surface area contributed by atoms with E-state index in [1.165, 1.54) is 12.8 Å². The lowest BCUT2D eigenvalue weighted by Crippen LogP contribution is -2.16. The molecule has 0 radical (unpaired) electrons. The third-order valence-corrected chi connectivity index (χ3v) is 3.46. The van der Waals surface area contributed by atoms with Crippen LogP contribution in [0.3, 0.4) is 0 Å². The molecule has 1 aromatic heterocycles. The minimum absolute atomic E-state index is 0.676. The number of benzene rings is 1. The van der Waals surface area contributed by atoms with Gasteiger partial charge >= 0.3 is 0 Å². The van der Waals surface area contributed by atoms with E-state index in [-0.39, 0.29) is 0 Å². The van der Waals surface area contributed by atoms with E-state index in [0.29, 0.717) is 6.04 Å². The van der Waals surface area contributed by atoms with Crippen molar-refractivity contribution in [1.29, 1.82) is 0 Å². The van der Waals surface area contributed by atoms with Crippen molar-refractivity contribution in [3.63, 3.8) is 0 Å². The van der Waals surface area contributed by atoms with Crippen LogP contribution >= 0.6 is 0 Å². The summed E-state index contributed by atoms with van der Waals surface area (Å²) in [5.74, 6) is 2.54. The fraction of sp³-hybridized carbons (Fsp3) is 0.400.